The Labute approximate surface area is 253 Å². The highest BCUT2D eigenvalue weighted by atomic mass is 35.5. The van der Waals surface area contributed by atoms with Gasteiger partial charge in [-0.3, -0.25) is 0 Å². The van der Waals surface area contributed by atoms with E-state index in [1.165, 1.54) is 50.5 Å². The van der Waals surface area contributed by atoms with Crippen molar-refractivity contribution < 1.29 is 18.7 Å². The highest BCUT2D eigenvalue weighted by molar-refractivity contribution is 6.32. The molecule has 41 heavy (non-hydrogen) atoms. The van der Waals surface area contributed by atoms with E-state index >= 15 is 0 Å². The molecular formula is C36H52ClFO3. The molecule has 1 aliphatic carbocycles. The fourth-order valence-electron chi connectivity index (χ4n) is 5.73. The van der Waals surface area contributed by atoms with Crippen LogP contribution in [-0.2, 0) is 16.0 Å². The van der Waals surface area contributed by atoms with Gasteiger partial charge in [0.2, 0.25) is 0 Å². The van der Waals surface area contributed by atoms with Crippen LogP contribution >= 0.6 is 11.6 Å². The van der Waals surface area contributed by atoms with Gasteiger partial charge in [-0.25, -0.2) is 9.18 Å². The van der Waals surface area contributed by atoms with Gasteiger partial charge in [-0.15, -0.1) is 0 Å². The Morgan fingerprint density at radius 2 is 1.49 bits per heavy atom. The lowest BCUT2D eigenvalue weighted by atomic mass is 9.83. The van der Waals surface area contributed by atoms with Crippen LogP contribution in [0.1, 0.15) is 122 Å². The predicted molar refractivity (Wildman–Crippen MR) is 170 cm³/mol. The molecule has 3 rings (SSSR count). The topological polar surface area (TPSA) is 35.5 Å². The van der Waals surface area contributed by atoms with Gasteiger partial charge in [0.1, 0.15) is 11.9 Å². The number of hydrogen-bond acceptors (Lipinski definition) is 3. The number of benzene rings is 2. The Morgan fingerprint density at radius 1 is 0.854 bits per heavy atom. The molecule has 5 heteroatoms. The van der Waals surface area contributed by atoms with Crippen molar-refractivity contribution in [3.8, 4) is 16.9 Å². The number of rotatable bonds is 19. The maximum absolute atomic E-state index is 13.9. The van der Waals surface area contributed by atoms with E-state index < -0.39 is 12.1 Å². The van der Waals surface area contributed by atoms with E-state index in [1.807, 2.05) is 19.1 Å². The van der Waals surface area contributed by atoms with Gasteiger partial charge in [0.25, 0.3) is 0 Å². The second kappa shape index (κ2) is 19.2. The first-order chi connectivity index (χ1) is 20.0. The number of hydrogen-bond donors (Lipinski definition) is 0. The Balaban J connectivity index is 1.34. The van der Waals surface area contributed by atoms with Gasteiger partial charge in [-0.2, -0.15) is 0 Å². The summed E-state index contributed by atoms with van der Waals surface area (Å²) >= 11 is 6.56. The van der Waals surface area contributed by atoms with Crippen LogP contribution in [0.5, 0.6) is 5.75 Å². The summed E-state index contributed by atoms with van der Waals surface area (Å²) in [6.45, 7) is 4.97. The molecule has 0 N–H and O–H groups in total. The molecule has 2 aromatic rings. The summed E-state index contributed by atoms with van der Waals surface area (Å²) in [5, 5.41) is 0.662. The van der Waals surface area contributed by atoms with Crippen molar-refractivity contribution in [2.75, 3.05) is 6.61 Å². The molecule has 0 bridgehead atoms. The number of alkyl halides is 1. The molecule has 228 valence electrons. The maximum Gasteiger partial charge on any atom is 0.340 e. The van der Waals surface area contributed by atoms with E-state index in [9.17, 15) is 9.18 Å². The van der Waals surface area contributed by atoms with Crippen LogP contribution in [0.15, 0.2) is 42.5 Å². The van der Waals surface area contributed by atoms with Crippen molar-refractivity contribution in [2.24, 2.45) is 5.92 Å². The number of carbonyl (C=O) groups is 1. The predicted octanol–water partition coefficient (Wildman–Crippen LogP) is 11.1. The normalized spacial score (nSPS) is 17.8. The number of esters is 1. The molecule has 0 amide bonds. The van der Waals surface area contributed by atoms with Crippen molar-refractivity contribution in [1.29, 1.82) is 0 Å². The summed E-state index contributed by atoms with van der Waals surface area (Å²) < 4.78 is 25.3. The van der Waals surface area contributed by atoms with Crippen LogP contribution in [0.3, 0.4) is 0 Å². The van der Waals surface area contributed by atoms with E-state index in [4.69, 9.17) is 21.1 Å². The number of carbonyl (C=O) groups excluding carboxylic acids is 1. The van der Waals surface area contributed by atoms with Gasteiger partial charge in [-0.05, 0) is 86.1 Å². The summed E-state index contributed by atoms with van der Waals surface area (Å²) in [5.41, 5.74) is 3.58. The second-order valence-electron chi connectivity index (χ2n) is 11.9. The third kappa shape index (κ3) is 12.4. The van der Waals surface area contributed by atoms with Crippen molar-refractivity contribution in [1.82, 2.24) is 0 Å². The average molecular weight is 587 g/mol. The van der Waals surface area contributed by atoms with E-state index in [1.54, 1.807) is 0 Å². The third-order valence-corrected chi connectivity index (χ3v) is 8.75. The number of halogens is 2. The summed E-state index contributed by atoms with van der Waals surface area (Å²) in [4.78, 5) is 12.0. The van der Waals surface area contributed by atoms with Crippen LogP contribution in [0, 0.1) is 5.92 Å². The first-order valence-electron chi connectivity index (χ1n) is 16.4. The Morgan fingerprint density at radius 3 is 2.15 bits per heavy atom. The number of aryl methyl sites for hydroxylation is 1. The van der Waals surface area contributed by atoms with Gasteiger partial charge >= 0.3 is 5.97 Å². The Bertz CT molecular complexity index is 1000. The van der Waals surface area contributed by atoms with Crippen molar-refractivity contribution in [3.05, 3.63) is 53.1 Å². The summed E-state index contributed by atoms with van der Waals surface area (Å²) in [7, 11) is 0. The minimum atomic E-state index is -1.47. The lowest BCUT2D eigenvalue weighted by Crippen LogP contribution is -2.29. The van der Waals surface area contributed by atoms with Crippen LogP contribution in [-0.4, -0.2) is 24.9 Å². The molecule has 3 nitrogen and oxygen atoms in total. The monoisotopic (exact) mass is 586 g/mol. The first-order valence-corrected chi connectivity index (χ1v) is 16.7. The van der Waals surface area contributed by atoms with Crippen molar-refractivity contribution >= 4 is 17.6 Å². The van der Waals surface area contributed by atoms with Crippen molar-refractivity contribution in [3.63, 3.8) is 0 Å². The molecule has 1 aliphatic rings. The zero-order valence-electron chi connectivity index (χ0n) is 25.5. The van der Waals surface area contributed by atoms with Gasteiger partial charge < -0.3 is 9.47 Å². The fraction of sp³-hybridized carbons (Fsp3) is 0.639. The zero-order chi connectivity index (χ0) is 29.3. The van der Waals surface area contributed by atoms with Crippen molar-refractivity contribution in [2.45, 2.75) is 135 Å². The van der Waals surface area contributed by atoms with E-state index in [0.29, 0.717) is 17.5 Å². The summed E-state index contributed by atoms with van der Waals surface area (Å²) in [6, 6.07) is 14.8. The third-order valence-electron chi connectivity index (χ3n) is 8.46. The van der Waals surface area contributed by atoms with Gasteiger partial charge in [0.05, 0.1) is 11.6 Å². The molecular weight excluding hydrogens is 535 g/mol. The number of ether oxygens (including phenoxy) is 2. The SMILES string of the molecule is CCCCCCCCCCOc1ccc(-c2ccc(CC[C@H]3CC[C@H](OC(=O)[C@@H](F)CCCC)CC3)cc2)cc1Cl. The summed E-state index contributed by atoms with van der Waals surface area (Å²) in [6.07, 6.45) is 16.5. The minimum absolute atomic E-state index is 0.119. The largest absolute Gasteiger partial charge is 0.492 e. The number of unbranched alkanes of at least 4 members (excludes halogenated alkanes) is 8. The summed E-state index contributed by atoms with van der Waals surface area (Å²) in [5.74, 6) is 0.729. The van der Waals surface area contributed by atoms with Gasteiger partial charge in [0, 0.05) is 0 Å². The molecule has 0 saturated heterocycles. The molecule has 1 saturated carbocycles. The lowest BCUT2D eigenvalue weighted by Gasteiger charge is -2.28. The quantitative estimate of drug-likeness (QED) is 0.121. The van der Waals surface area contributed by atoms with E-state index in [-0.39, 0.29) is 12.5 Å². The van der Waals surface area contributed by atoms with Gasteiger partial charge in [-0.1, -0.05) is 114 Å². The molecule has 0 radical (unpaired) electrons. The maximum atomic E-state index is 13.9. The molecule has 2 aromatic carbocycles. The van der Waals surface area contributed by atoms with Crippen LogP contribution in [0.4, 0.5) is 4.39 Å². The first kappa shape index (κ1) is 33.4. The average Bonchev–Trinajstić information content (AvgIpc) is 2.99. The zero-order valence-corrected chi connectivity index (χ0v) is 26.2. The van der Waals surface area contributed by atoms with Crippen LogP contribution < -0.4 is 4.74 Å². The van der Waals surface area contributed by atoms with Crippen LogP contribution in [0.25, 0.3) is 11.1 Å². The molecule has 1 atom stereocenters. The van der Waals surface area contributed by atoms with E-state index in [0.717, 1.165) is 74.7 Å². The highest BCUT2D eigenvalue weighted by Crippen LogP contribution is 2.32. The Hall–Kier alpha value is -2.07. The molecule has 0 aliphatic heterocycles. The van der Waals surface area contributed by atoms with E-state index in [2.05, 4.69) is 37.3 Å². The molecule has 0 spiro atoms. The second-order valence-corrected chi connectivity index (χ2v) is 12.3. The fourth-order valence-corrected chi connectivity index (χ4v) is 5.96. The molecule has 1 fully saturated rings. The lowest BCUT2D eigenvalue weighted by molar-refractivity contribution is -0.157. The molecule has 0 heterocycles. The Kier molecular flexibility index (Phi) is 15.6. The molecule has 0 unspecified atom stereocenters. The van der Waals surface area contributed by atoms with Gasteiger partial charge in [0.15, 0.2) is 6.17 Å². The minimum Gasteiger partial charge on any atom is -0.492 e. The van der Waals surface area contributed by atoms with Crippen LogP contribution in [0.2, 0.25) is 5.02 Å². The standard InChI is InChI=1S/C36H52ClFO3/c1-3-5-7-8-9-10-11-12-26-40-35-25-22-31(27-33(35)37)30-20-16-28(17-21-30)14-15-29-18-23-32(24-19-29)41-36(39)34(38)13-6-4-2/h16-17,20-22,25,27,29,32,34H,3-15,18-19,23-24,26H2,1-2H3/t29-,32-,34-/m0/s1. The molecule has 0 aromatic heterocycles. The highest BCUT2D eigenvalue weighted by Gasteiger charge is 2.27. The smallest absolute Gasteiger partial charge is 0.340 e.